The molecule has 118 valence electrons. The highest BCUT2D eigenvalue weighted by atomic mass is 35.5. The summed E-state index contributed by atoms with van der Waals surface area (Å²) in [5.41, 5.74) is 1.73. The molecule has 3 heterocycles. The highest BCUT2D eigenvalue weighted by Crippen LogP contribution is 2.36. The molecule has 22 heavy (non-hydrogen) atoms. The molecule has 0 amide bonds. The van der Waals surface area contributed by atoms with Crippen LogP contribution in [0.15, 0.2) is 42.7 Å². The number of aromatic nitrogens is 2. The summed E-state index contributed by atoms with van der Waals surface area (Å²) >= 11 is 0. The fourth-order valence-corrected chi connectivity index (χ4v) is 3.78. The van der Waals surface area contributed by atoms with Crippen molar-refractivity contribution in [2.45, 2.75) is 19.4 Å². The van der Waals surface area contributed by atoms with Crippen LogP contribution in [0.5, 0.6) is 0 Å². The highest BCUT2D eigenvalue weighted by Gasteiger charge is 2.40. The Labute approximate surface area is 137 Å². The smallest absolute Gasteiger partial charge is 0.127 e. The van der Waals surface area contributed by atoms with E-state index in [1.165, 1.54) is 44.7 Å². The zero-order valence-corrected chi connectivity index (χ0v) is 13.6. The van der Waals surface area contributed by atoms with E-state index in [1.54, 1.807) is 0 Å². The lowest BCUT2D eigenvalue weighted by Crippen LogP contribution is -2.29. The van der Waals surface area contributed by atoms with E-state index in [0.717, 1.165) is 12.4 Å². The fraction of sp³-hybridized carbons (Fsp3) is 0.471. The average Bonchev–Trinajstić information content (AvgIpc) is 3.24. The van der Waals surface area contributed by atoms with Gasteiger partial charge in [0.15, 0.2) is 0 Å². The average molecular weight is 319 g/mol. The van der Waals surface area contributed by atoms with Crippen LogP contribution in [0.1, 0.15) is 18.7 Å². The fourth-order valence-electron chi connectivity index (χ4n) is 3.78. The molecule has 0 saturated carbocycles. The lowest BCUT2D eigenvalue weighted by molar-refractivity contribution is 0.263. The summed E-state index contributed by atoms with van der Waals surface area (Å²) in [6.45, 7) is 5.73. The van der Waals surface area contributed by atoms with Gasteiger partial charge in [-0.1, -0.05) is 18.2 Å². The molecule has 1 aromatic heterocycles. The molecule has 1 unspecified atom stereocenters. The van der Waals surface area contributed by atoms with Crippen LogP contribution in [0.3, 0.4) is 0 Å². The number of imidazole rings is 1. The van der Waals surface area contributed by atoms with Gasteiger partial charge in [-0.3, -0.25) is 4.90 Å². The van der Waals surface area contributed by atoms with E-state index < -0.39 is 0 Å². The number of hydrogen-bond donors (Lipinski definition) is 1. The lowest BCUT2D eigenvalue weighted by atomic mass is 9.87. The molecule has 2 aliphatic rings. The Hall–Kier alpha value is -1.36. The Kier molecular flexibility index (Phi) is 4.52. The quantitative estimate of drug-likeness (QED) is 0.944. The minimum absolute atomic E-state index is 0. The molecule has 4 rings (SSSR count). The number of likely N-dealkylation sites (tertiary alicyclic amines) is 1. The Morgan fingerprint density at radius 1 is 1.18 bits per heavy atom. The van der Waals surface area contributed by atoms with Gasteiger partial charge >= 0.3 is 0 Å². The van der Waals surface area contributed by atoms with Crippen molar-refractivity contribution in [2.24, 2.45) is 5.41 Å². The Balaban J connectivity index is 0.00000144. The molecule has 4 nitrogen and oxygen atoms in total. The zero-order valence-electron chi connectivity index (χ0n) is 12.7. The standard InChI is InChI=1S/C17H22N4.ClH/c1-2-4-15(5-3-1)21-11-9-19-16(21)12-20-10-7-17(14-20)6-8-18-13-17;/h1-5,9,11,18H,6-8,10,12-14H2;1H. The summed E-state index contributed by atoms with van der Waals surface area (Å²) in [4.78, 5) is 7.14. The van der Waals surface area contributed by atoms with Gasteiger partial charge in [-0.05, 0) is 43.5 Å². The summed E-state index contributed by atoms with van der Waals surface area (Å²) in [7, 11) is 0. The molecule has 0 radical (unpaired) electrons. The normalized spacial score (nSPS) is 24.7. The van der Waals surface area contributed by atoms with E-state index in [2.05, 4.69) is 56.3 Å². The minimum Gasteiger partial charge on any atom is -0.316 e. The zero-order chi connectivity index (χ0) is 14.1. The molecule has 1 atom stereocenters. The SMILES string of the molecule is Cl.c1ccc(-n2ccnc2CN2CCC3(CCNC3)C2)cc1. The van der Waals surface area contributed by atoms with Gasteiger partial charge in [-0.25, -0.2) is 4.98 Å². The predicted octanol–water partition coefficient (Wildman–Crippen LogP) is 2.48. The first-order valence-electron chi connectivity index (χ1n) is 7.85. The summed E-state index contributed by atoms with van der Waals surface area (Å²) in [6.07, 6.45) is 6.63. The van der Waals surface area contributed by atoms with Crippen molar-refractivity contribution in [1.82, 2.24) is 19.8 Å². The number of benzene rings is 1. The number of nitrogens with one attached hydrogen (secondary N) is 1. The third-order valence-electron chi connectivity index (χ3n) is 4.97. The lowest BCUT2D eigenvalue weighted by Gasteiger charge is -2.22. The van der Waals surface area contributed by atoms with Gasteiger partial charge in [0.05, 0.1) is 6.54 Å². The molecule has 1 N–H and O–H groups in total. The van der Waals surface area contributed by atoms with Crippen molar-refractivity contribution in [3.05, 3.63) is 48.5 Å². The van der Waals surface area contributed by atoms with E-state index in [0.29, 0.717) is 5.41 Å². The molecule has 2 aromatic rings. The van der Waals surface area contributed by atoms with Gasteiger partial charge in [0, 0.05) is 31.2 Å². The largest absolute Gasteiger partial charge is 0.316 e. The van der Waals surface area contributed by atoms with E-state index in [9.17, 15) is 0 Å². The maximum atomic E-state index is 4.58. The van der Waals surface area contributed by atoms with Crippen LogP contribution in [0.2, 0.25) is 0 Å². The Bertz CT molecular complexity index is 604. The van der Waals surface area contributed by atoms with Gasteiger partial charge in [0.25, 0.3) is 0 Å². The molecule has 0 bridgehead atoms. The monoisotopic (exact) mass is 318 g/mol. The van der Waals surface area contributed by atoms with Gasteiger partial charge in [-0.2, -0.15) is 0 Å². The van der Waals surface area contributed by atoms with Crippen molar-refractivity contribution in [2.75, 3.05) is 26.2 Å². The first-order valence-corrected chi connectivity index (χ1v) is 7.85. The van der Waals surface area contributed by atoms with Crippen molar-refractivity contribution in [1.29, 1.82) is 0 Å². The summed E-state index contributed by atoms with van der Waals surface area (Å²) in [6, 6.07) is 10.5. The van der Waals surface area contributed by atoms with Gasteiger partial charge in [0.2, 0.25) is 0 Å². The first-order chi connectivity index (χ1) is 10.3. The topological polar surface area (TPSA) is 33.1 Å². The van der Waals surface area contributed by atoms with Crippen molar-refractivity contribution < 1.29 is 0 Å². The molecular weight excluding hydrogens is 296 g/mol. The number of para-hydroxylation sites is 1. The van der Waals surface area contributed by atoms with Crippen molar-refractivity contribution in [3.8, 4) is 5.69 Å². The van der Waals surface area contributed by atoms with Crippen LogP contribution >= 0.6 is 12.4 Å². The first kappa shape index (κ1) is 15.5. The third kappa shape index (κ3) is 2.91. The van der Waals surface area contributed by atoms with Crippen molar-refractivity contribution >= 4 is 12.4 Å². The molecule has 2 saturated heterocycles. The van der Waals surface area contributed by atoms with E-state index >= 15 is 0 Å². The highest BCUT2D eigenvalue weighted by molar-refractivity contribution is 5.85. The molecule has 1 spiro atoms. The molecule has 2 fully saturated rings. The van der Waals surface area contributed by atoms with Crippen LogP contribution in [0.4, 0.5) is 0 Å². The van der Waals surface area contributed by atoms with Crippen LogP contribution in [-0.2, 0) is 6.54 Å². The van der Waals surface area contributed by atoms with Gasteiger partial charge in [0.1, 0.15) is 5.82 Å². The van der Waals surface area contributed by atoms with Crippen LogP contribution in [0, 0.1) is 5.41 Å². The van der Waals surface area contributed by atoms with Crippen LogP contribution in [0.25, 0.3) is 5.69 Å². The Morgan fingerprint density at radius 2 is 2.05 bits per heavy atom. The summed E-state index contributed by atoms with van der Waals surface area (Å²) in [5.74, 6) is 1.14. The number of rotatable bonds is 3. The summed E-state index contributed by atoms with van der Waals surface area (Å²) in [5, 5.41) is 3.52. The number of halogens is 1. The van der Waals surface area contributed by atoms with Crippen molar-refractivity contribution in [3.63, 3.8) is 0 Å². The van der Waals surface area contributed by atoms with Crippen LogP contribution < -0.4 is 5.32 Å². The minimum atomic E-state index is 0. The Morgan fingerprint density at radius 3 is 2.82 bits per heavy atom. The second-order valence-electron chi connectivity index (χ2n) is 6.44. The number of hydrogen-bond acceptors (Lipinski definition) is 3. The third-order valence-corrected chi connectivity index (χ3v) is 4.97. The molecule has 0 aliphatic carbocycles. The predicted molar refractivity (Wildman–Crippen MR) is 90.6 cm³/mol. The van der Waals surface area contributed by atoms with E-state index in [1.807, 2.05) is 6.20 Å². The second-order valence-corrected chi connectivity index (χ2v) is 6.44. The molecule has 2 aliphatic heterocycles. The van der Waals surface area contributed by atoms with Gasteiger partial charge < -0.3 is 9.88 Å². The molecule has 5 heteroatoms. The van der Waals surface area contributed by atoms with Crippen LogP contribution in [-0.4, -0.2) is 40.6 Å². The van der Waals surface area contributed by atoms with E-state index in [-0.39, 0.29) is 12.4 Å². The maximum absolute atomic E-state index is 4.58. The maximum Gasteiger partial charge on any atom is 0.127 e. The van der Waals surface area contributed by atoms with E-state index in [4.69, 9.17) is 0 Å². The number of nitrogens with zero attached hydrogens (tertiary/aromatic N) is 3. The van der Waals surface area contributed by atoms with Gasteiger partial charge in [-0.15, -0.1) is 12.4 Å². The second kappa shape index (κ2) is 6.41. The molecular formula is C17H23ClN4. The summed E-state index contributed by atoms with van der Waals surface area (Å²) < 4.78 is 2.21. The molecule has 1 aromatic carbocycles.